The fourth-order valence-corrected chi connectivity index (χ4v) is 3.76. The van der Waals surface area contributed by atoms with Gasteiger partial charge in [0.25, 0.3) is 0 Å². The van der Waals surface area contributed by atoms with Crippen molar-refractivity contribution in [3.63, 3.8) is 0 Å². The summed E-state index contributed by atoms with van der Waals surface area (Å²) in [6.07, 6.45) is 6.14. The third-order valence-corrected chi connectivity index (χ3v) is 5.18. The standard InChI is InChI=1S/C19H30N4O2/c1-3-16-13-17(21-19(20-16)22-7-5-4-6-8-22)11-15-12-18(24)23(14-15)9-10-25-2/h13,15H,3-12,14H2,1-2H3. The number of carbonyl (C=O) groups excluding carboxylic acids is 1. The van der Waals surface area contributed by atoms with Crippen LogP contribution in [-0.2, 0) is 22.4 Å². The molecule has 6 heteroatoms. The lowest BCUT2D eigenvalue weighted by Gasteiger charge is -2.27. The summed E-state index contributed by atoms with van der Waals surface area (Å²) in [6, 6.07) is 2.12. The maximum Gasteiger partial charge on any atom is 0.225 e. The minimum Gasteiger partial charge on any atom is -0.383 e. The van der Waals surface area contributed by atoms with Crippen LogP contribution in [0.3, 0.4) is 0 Å². The first-order valence-electron chi connectivity index (χ1n) is 9.58. The van der Waals surface area contributed by atoms with E-state index in [0.29, 0.717) is 25.5 Å². The van der Waals surface area contributed by atoms with E-state index in [4.69, 9.17) is 14.7 Å². The number of hydrogen-bond donors (Lipinski definition) is 0. The molecule has 3 heterocycles. The Bertz CT molecular complexity index is 587. The van der Waals surface area contributed by atoms with Crippen LogP contribution < -0.4 is 4.90 Å². The number of likely N-dealkylation sites (tertiary alicyclic amines) is 1. The number of ether oxygens (including phenoxy) is 1. The molecule has 1 atom stereocenters. The summed E-state index contributed by atoms with van der Waals surface area (Å²) in [6.45, 7) is 6.35. The van der Waals surface area contributed by atoms with E-state index in [1.807, 2.05) is 4.90 Å². The van der Waals surface area contributed by atoms with Crippen molar-refractivity contribution in [2.24, 2.45) is 5.92 Å². The van der Waals surface area contributed by atoms with Gasteiger partial charge in [0.05, 0.1) is 6.61 Å². The smallest absolute Gasteiger partial charge is 0.225 e. The van der Waals surface area contributed by atoms with Crippen molar-refractivity contribution in [2.75, 3.05) is 44.8 Å². The van der Waals surface area contributed by atoms with Crippen molar-refractivity contribution in [3.05, 3.63) is 17.5 Å². The minimum atomic E-state index is 0.239. The molecule has 0 N–H and O–H groups in total. The van der Waals surface area contributed by atoms with E-state index >= 15 is 0 Å². The molecule has 2 aliphatic heterocycles. The van der Waals surface area contributed by atoms with Gasteiger partial charge < -0.3 is 14.5 Å². The van der Waals surface area contributed by atoms with Crippen LogP contribution in [0.2, 0.25) is 0 Å². The maximum atomic E-state index is 12.1. The lowest BCUT2D eigenvalue weighted by Crippen LogP contribution is -2.31. The van der Waals surface area contributed by atoms with Gasteiger partial charge in [0.2, 0.25) is 11.9 Å². The normalized spacial score (nSPS) is 21.2. The largest absolute Gasteiger partial charge is 0.383 e. The molecule has 0 bridgehead atoms. The zero-order chi connectivity index (χ0) is 17.6. The molecule has 1 aromatic heterocycles. The van der Waals surface area contributed by atoms with E-state index < -0.39 is 0 Å². The molecular formula is C19H30N4O2. The monoisotopic (exact) mass is 346 g/mol. The van der Waals surface area contributed by atoms with Crippen LogP contribution in [0.5, 0.6) is 0 Å². The Labute approximate surface area is 150 Å². The molecule has 1 aromatic rings. The number of rotatable bonds is 7. The number of piperidine rings is 1. The number of nitrogens with zero attached hydrogens (tertiary/aromatic N) is 4. The van der Waals surface area contributed by atoms with Gasteiger partial charge in [-0.1, -0.05) is 6.92 Å². The Balaban J connectivity index is 1.68. The summed E-state index contributed by atoms with van der Waals surface area (Å²) in [5.41, 5.74) is 2.19. The average molecular weight is 346 g/mol. The van der Waals surface area contributed by atoms with Crippen molar-refractivity contribution in [1.82, 2.24) is 14.9 Å². The number of amides is 1. The lowest BCUT2D eigenvalue weighted by molar-refractivity contribution is -0.128. The maximum absolute atomic E-state index is 12.1. The molecule has 0 aromatic carbocycles. The number of aromatic nitrogens is 2. The quantitative estimate of drug-likeness (QED) is 0.756. The van der Waals surface area contributed by atoms with Crippen LogP contribution in [0.15, 0.2) is 6.07 Å². The Kier molecular flexibility index (Phi) is 6.24. The molecule has 25 heavy (non-hydrogen) atoms. The molecule has 2 fully saturated rings. The molecule has 3 rings (SSSR count). The second-order valence-electron chi connectivity index (χ2n) is 7.16. The number of aryl methyl sites for hydroxylation is 1. The summed E-state index contributed by atoms with van der Waals surface area (Å²) in [5.74, 6) is 1.47. The first kappa shape index (κ1) is 18.1. The van der Waals surface area contributed by atoms with E-state index in [9.17, 15) is 4.79 Å². The van der Waals surface area contributed by atoms with Gasteiger partial charge in [-0.3, -0.25) is 4.79 Å². The highest BCUT2D eigenvalue weighted by Gasteiger charge is 2.29. The van der Waals surface area contributed by atoms with Crippen LogP contribution in [0.1, 0.15) is 44.0 Å². The van der Waals surface area contributed by atoms with Gasteiger partial charge >= 0.3 is 0 Å². The summed E-state index contributed by atoms with van der Waals surface area (Å²) < 4.78 is 5.10. The third-order valence-electron chi connectivity index (χ3n) is 5.18. The molecule has 138 valence electrons. The van der Waals surface area contributed by atoms with Crippen molar-refractivity contribution < 1.29 is 9.53 Å². The second-order valence-corrected chi connectivity index (χ2v) is 7.16. The van der Waals surface area contributed by atoms with Crippen molar-refractivity contribution in [3.8, 4) is 0 Å². The Morgan fingerprint density at radius 3 is 2.68 bits per heavy atom. The molecule has 1 amide bonds. The third kappa shape index (κ3) is 4.69. The summed E-state index contributed by atoms with van der Waals surface area (Å²) in [7, 11) is 1.67. The van der Waals surface area contributed by atoms with Gasteiger partial charge in [0, 0.05) is 51.1 Å². The summed E-state index contributed by atoms with van der Waals surface area (Å²) >= 11 is 0. The number of carbonyl (C=O) groups is 1. The van der Waals surface area contributed by atoms with Crippen LogP contribution >= 0.6 is 0 Å². The Hall–Kier alpha value is -1.69. The fourth-order valence-electron chi connectivity index (χ4n) is 3.76. The molecule has 2 saturated heterocycles. The van der Waals surface area contributed by atoms with Crippen LogP contribution in [0.4, 0.5) is 5.95 Å². The molecule has 0 spiro atoms. The topological polar surface area (TPSA) is 58.6 Å². The van der Waals surface area contributed by atoms with Gasteiger partial charge in [-0.2, -0.15) is 0 Å². The zero-order valence-corrected chi connectivity index (χ0v) is 15.5. The second kappa shape index (κ2) is 8.61. The van der Waals surface area contributed by atoms with E-state index in [1.54, 1.807) is 7.11 Å². The van der Waals surface area contributed by atoms with E-state index in [-0.39, 0.29) is 5.91 Å². The molecule has 1 unspecified atom stereocenters. The summed E-state index contributed by atoms with van der Waals surface area (Å²) in [5, 5.41) is 0. The predicted molar refractivity (Wildman–Crippen MR) is 97.7 cm³/mol. The van der Waals surface area contributed by atoms with E-state index in [1.165, 1.54) is 19.3 Å². The van der Waals surface area contributed by atoms with Crippen LogP contribution in [-0.4, -0.2) is 60.7 Å². The fraction of sp³-hybridized carbons (Fsp3) is 0.737. The molecule has 0 aliphatic carbocycles. The molecule has 0 saturated carbocycles. The zero-order valence-electron chi connectivity index (χ0n) is 15.5. The molecule has 6 nitrogen and oxygen atoms in total. The Morgan fingerprint density at radius 2 is 1.96 bits per heavy atom. The first-order chi connectivity index (χ1) is 12.2. The number of hydrogen-bond acceptors (Lipinski definition) is 5. The highest BCUT2D eigenvalue weighted by molar-refractivity contribution is 5.78. The number of methoxy groups -OCH3 is 1. The highest BCUT2D eigenvalue weighted by Crippen LogP contribution is 2.23. The molecule has 0 radical (unpaired) electrons. The Morgan fingerprint density at radius 1 is 1.20 bits per heavy atom. The molecular weight excluding hydrogens is 316 g/mol. The SMILES string of the molecule is CCc1cc(CC2CC(=O)N(CCOC)C2)nc(N2CCCCC2)n1. The molecule has 2 aliphatic rings. The van der Waals surface area contributed by atoms with Gasteiger partial charge in [-0.15, -0.1) is 0 Å². The van der Waals surface area contributed by atoms with Gasteiger partial charge in [0.15, 0.2) is 0 Å². The highest BCUT2D eigenvalue weighted by atomic mass is 16.5. The first-order valence-corrected chi connectivity index (χ1v) is 9.58. The van der Waals surface area contributed by atoms with Crippen molar-refractivity contribution in [1.29, 1.82) is 0 Å². The van der Waals surface area contributed by atoms with E-state index in [2.05, 4.69) is 17.9 Å². The van der Waals surface area contributed by atoms with Gasteiger partial charge in [-0.05, 0) is 44.1 Å². The minimum absolute atomic E-state index is 0.239. The van der Waals surface area contributed by atoms with Gasteiger partial charge in [0.1, 0.15) is 0 Å². The van der Waals surface area contributed by atoms with Crippen molar-refractivity contribution >= 4 is 11.9 Å². The van der Waals surface area contributed by atoms with Crippen molar-refractivity contribution in [2.45, 2.75) is 45.4 Å². The lowest BCUT2D eigenvalue weighted by atomic mass is 10.0. The van der Waals surface area contributed by atoms with Crippen LogP contribution in [0, 0.1) is 5.92 Å². The van der Waals surface area contributed by atoms with Crippen LogP contribution in [0.25, 0.3) is 0 Å². The average Bonchev–Trinajstić information content (AvgIpc) is 2.99. The predicted octanol–water partition coefficient (Wildman–Crippen LogP) is 2.07. The van der Waals surface area contributed by atoms with E-state index in [0.717, 1.165) is 49.8 Å². The summed E-state index contributed by atoms with van der Waals surface area (Å²) in [4.78, 5) is 26.0. The van der Waals surface area contributed by atoms with Gasteiger partial charge in [-0.25, -0.2) is 9.97 Å². The number of anilines is 1.